The third-order valence-corrected chi connectivity index (χ3v) is 5.09. The molecule has 0 saturated heterocycles. The van der Waals surface area contributed by atoms with Crippen molar-refractivity contribution in [3.05, 3.63) is 42.7 Å². The van der Waals surface area contributed by atoms with Crippen LogP contribution in [0, 0.1) is 0 Å². The number of nitrogens with zero attached hydrogens (tertiary/aromatic N) is 1. The van der Waals surface area contributed by atoms with Crippen molar-refractivity contribution in [2.75, 3.05) is 7.05 Å². The molecule has 0 fully saturated rings. The van der Waals surface area contributed by atoms with Crippen molar-refractivity contribution in [2.45, 2.75) is 13.1 Å². The van der Waals surface area contributed by atoms with Crippen LogP contribution in [0.25, 0.3) is 0 Å². The first-order chi connectivity index (χ1) is 8.54. The van der Waals surface area contributed by atoms with Crippen molar-refractivity contribution in [1.82, 2.24) is 4.90 Å². The Labute approximate surface area is 122 Å². The van der Waals surface area contributed by atoms with Gasteiger partial charge in [0.2, 0.25) is 0 Å². The maximum atomic E-state index is 10.8. The van der Waals surface area contributed by atoms with Crippen molar-refractivity contribution in [1.29, 1.82) is 0 Å². The summed E-state index contributed by atoms with van der Waals surface area (Å²) in [4.78, 5) is 15.7. The lowest BCUT2D eigenvalue weighted by Gasteiger charge is -2.14. The summed E-state index contributed by atoms with van der Waals surface area (Å²) in [6.07, 6.45) is 0. The van der Waals surface area contributed by atoms with Crippen LogP contribution in [0.15, 0.2) is 28.1 Å². The van der Waals surface area contributed by atoms with Gasteiger partial charge in [0, 0.05) is 32.7 Å². The molecule has 18 heavy (non-hydrogen) atoms. The standard InChI is InChI=1S/C12H12BrNO2S2/c1-14(6-10-4-8(13)7-17-10)5-9-2-3-11(18-9)12(15)16/h2-4,7H,5-6H2,1H3,(H,15,16). The number of carboxylic acid groups (broad SMARTS) is 1. The van der Waals surface area contributed by atoms with Gasteiger partial charge < -0.3 is 5.11 Å². The van der Waals surface area contributed by atoms with E-state index in [0.29, 0.717) is 4.88 Å². The minimum atomic E-state index is -0.851. The van der Waals surface area contributed by atoms with Gasteiger partial charge in [-0.05, 0) is 41.2 Å². The van der Waals surface area contributed by atoms with Crippen molar-refractivity contribution >= 4 is 44.6 Å². The summed E-state index contributed by atoms with van der Waals surface area (Å²) < 4.78 is 1.11. The molecule has 0 aliphatic rings. The van der Waals surface area contributed by atoms with Gasteiger partial charge in [0.1, 0.15) is 4.88 Å². The van der Waals surface area contributed by atoms with Crippen LogP contribution in [-0.4, -0.2) is 23.0 Å². The monoisotopic (exact) mass is 345 g/mol. The molecule has 0 aromatic carbocycles. The van der Waals surface area contributed by atoms with Gasteiger partial charge in [-0.15, -0.1) is 22.7 Å². The highest BCUT2D eigenvalue weighted by Gasteiger charge is 2.09. The van der Waals surface area contributed by atoms with Crippen molar-refractivity contribution in [3.8, 4) is 0 Å². The fourth-order valence-corrected chi connectivity index (χ4v) is 4.06. The van der Waals surface area contributed by atoms with E-state index in [-0.39, 0.29) is 0 Å². The fraction of sp³-hybridized carbons (Fsp3) is 0.250. The number of carboxylic acids is 1. The average Bonchev–Trinajstić information content (AvgIpc) is 2.88. The highest BCUT2D eigenvalue weighted by Crippen LogP contribution is 2.23. The summed E-state index contributed by atoms with van der Waals surface area (Å²) in [5, 5.41) is 10.9. The van der Waals surface area contributed by atoms with Gasteiger partial charge in [0.25, 0.3) is 0 Å². The Morgan fingerprint density at radius 2 is 2.11 bits per heavy atom. The van der Waals surface area contributed by atoms with Gasteiger partial charge >= 0.3 is 5.97 Å². The zero-order valence-electron chi connectivity index (χ0n) is 9.72. The van der Waals surface area contributed by atoms with Crippen LogP contribution in [0.1, 0.15) is 19.4 Å². The first-order valence-corrected chi connectivity index (χ1v) is 7.77. The van der Waals surface area contributed by atoms with Crippen LogP contribution in [0.5, 0.6) is 0 Å². The quantitative estimate of drug-likeness (QED) is 0.893. The molecule has 2 heterocycles. The Morgan fingerprint density at radius 3 is 2.67 bits per heavy atom. The van der Waals surface area contributed by atoms with Crippen LogP contribution >= 0.6 is 38.6 Å². The molecule has 0 radical (unpaired) electrons. The molecule has 0 aliphatic carbocycles. The molecule has 0 aliphatic heterocycles. The highest BCUT2D eigenvalue weighted by atomic mass is 79.9. The molecule has 2 rings (SSSR count). The molecule has 1 N–H and O–H groups in total. The third kappa shape index (κ3) is 3.65. The molecule has 3 nitrogen and oxygen atoms in total. The lowest BCUT2D eigenvalue weighted by molar-refractivity contribution is 0.0702. The molecule has 0 amide bonds. The molecular formula is C12H12BrNO2S2. The van der Waals surface area contributed by atoms with E-state index in [9.17, 15) is 4.79 Å². The van der Waals surface area contributed by atoms with Gasteiger partial charge in [-0.3, -0.25) is 4.90 Å². The Bertz CT molecular complexity index is 550. The molecule has 96 valence electrons. The van der Waals surface area contributed by atoms with E-state index in [1.165, 1.54) is 16.2 Å². The minimum Gasteiger partial charge on any atom is -0.477 e. The Hall–Kier alpha value is -0.690. The number of thiophene rings is 2. The summed E-state index contributed by atoms with van der Waals surface area (Å²) in [5.41, 5.74) is 0. The molecular weight excluding hydrogens is 334 g/mol. The highest BCUT2D eigenvalue weighted by molar-refractivity contribution is 9.10. The molecule has 0 spiro atoms. The second-order valence-electron chi connectivity index (χ2n) is 3.97. The lowest BCUT2D eigenvalue weighted by atomic mass is 10.4. The number of hydrogen-bond acceptors (Lipinski definition) is 4. The van der Waals surface area contributed by atoms with Gasteiger partial charge in [0.15, 0.2) is 0 Å². The maximum absolute atomic E-state index is 10.8. The number of carbonyl (C=O) groups is 1. The minimum absolute atomic E-state index is 0.400. The van der Waals surface area contributed by atoms with E-state index >= 15 is 0 Å². The summed E-state index contributed by atoms with van der Waals surface area (Å²) in [5.74, 6) is -0.851. The smallest absolute Gasteiger partial charge is 0.345 e. The number of hydrogen-bond donors (Lipinski definition) is 1. The van der Waals surface area contributed by atoms with Crippen LogP contribution in [-0.2, 0) is 13.1 Å². The predicted octanol–water partition coefficient (Wildman–Crippen LogP) is 3.90. The van der Waals surface area contributed by atoms with Crippen molar-refractivity contribution in [2.24, 2.45) is 0 Å². The first-order valence-electron chi connectivity index (χ1n) is 5.28. The second kappa shape index (κ2) is 5.97. The van der Waals surface area contributed by atoms with Crippen LogP contribution in [0.4, 0.5) is 0 Å². The summed E-state index contributed by atoms with van der Waals surface area (Å²) in [6.45, 7) is 1.64. The van der Waals surface area contributed by atoms with Crippen LogP contribution < -0.4 is 0 Å². The normalized spacial score (nSPS) is 11.1. The first kappa shape index (κ1) is 13.7. The maximum Gasteiger partial charge on any atom is 0.345 e. The molecule has 0 unspecified atom stereocenters. The van der Waals surface area contributed by atoms with Crippen LogP contribution in [0.3, 0.4) is 0 Å². The van der Waals surface area contributed by atoms with Gasteiger partial charge in [-0.1, -0.05) is 0 Å². The number of halogens is 1. The zero-order valence-corrected chi connectivity index (χ0v) is 12.9. The van der Waals surface area contributed by atoms with Gasteiger partial charge in [0.05, 0.1) is 0 Å². The zero-order chi connectivity index (χ0) is 13.1. The summed E-state index contributed by atoms with van der Waals surface area (Å²) >= 11 is 6.49. The summed E-state index contributed by atoms with van der Waals surface area (Å²) in [6, 6.07) is 5.66. The molecule has 0 bridgehead atoms. The molecule has 0 atom stereocenters. The molecule has 6 heteroatoms. The summed E-state index contributed by atoms with van der Waals surface area (Å²) in [7, 11) is 2.04. The molecule has 2 aromatic heterocycles. The van der Waals surface area contributed by atoms with Gasteiger partial charge in [-0.25, -0.2) is 4.79 Å². The second-order valence-corrected chi connectivity index (χ2v) is 7.05. The van der Waals surface area contributed by atoms with E-state index in [1.807, 2.05) is 13.1 Å². The van der Waals surface area contributed by atoms with E-state index in [1.54, 1.807) is 17.4 Å². The lowest BCUT2D eigenvalue weighted by Crippen LogP contribution is -2.15. The predicted molar refractivity (Wildman–Crippen MR) is 78.5 cm³/mol. The van der Waals surface area contributed by atoms with E-state index in [0.717, 1.165) is 22.4 Å². The van der Waals surface area contributed by atoms with E-state index in [2.05, 4.69) is 32.3 Å². The number of rotatable bonds is 5. The average molecular weight is 346 g/mol. The Morgan fingerprint density at radius 1 is 1.39 bits per heavy atom. The van der Waals surface area contributed by atoms with E-state index in [4.69, 9.17) is 5.11 Å². The van der Waals surface area contributed by atoms with Gasteiger partial charge in [-0.2, -0.15) is 0 Å². The van der Waals surface area contributed by atoms with Crippen LogP contribution in [0.2, 0.25) is 0 Å². The Balaban J connectivity index is 1.94. The largest absolute Gasteiger partial charge is 0.477 e. The third-order valence-electron chi connectivity index (χ3n) is 2.35. The topological polar surface area (TPSA) is 40.5 Å². The van der Waals surface area contributed by atoms with Crippen molar-refractivity contribution < 1.29 is 9.90 Å². The molecule has 2 aromatic rings. The van der Waals surface area contributed by atoms with Crippen molar-refractivity contribution in [3.63, 3.8) is 0 Å². The number of aromatic carboxylic acids is 1. The SMILES string of the molecule is CN(Cc1cc(Br)cs1)Cc1ccc(C(=O)O)s1. The molecule has 0 saturated carbocycles. The fourth-order valence-electron chi connectivity index (χ4n) is 1.60. The Kier molecular flexibility index (Phi) is 4.55. The van der Waals surface area contributed by atoms with E-state index < -0.39 is 5.97 Å².